The van der Waals surface area contributed by atoms with Crippen LogP contribution in [0.25, 0.3) is 0 Å². The molecule has 2 atom stereocenters. The third kappa shape index (κ3) is 3.86. The van der Waals surface area contributed by atoms with Gasteiger partial charge in [-0.1, -0.05) is 29.8 Å². The zero-order valence-electron chi connectivity index (χ0n) is 15.0. The number of hydrogen-bond donors (Lipinski definition) is 1. The lowest BCUT2D eigenvalue weighted by Gasteiger charge is -2.29. The number of hydrogen-bond acceptors (Lipinski definition) is 3. The minimum atomic E-state index is -0.558. The lowest BCUT2D eigenvalue weighted by Crippen LogP contribution is -2.48. The Kier molecular flexibility index (Phi) is 4.91. The molecule has 4 rings (SSSR count). The molecule has 2 aromatic carbocycles. The molecule has 1 saturated carbocycles. The number of amides is 2. The van der Waals surface area contributed by atoms with E-state index in [0.717, 1.165) is 18.4 Å². The summed E-state index contributed by atoms with van der Waals surface area (Å²) in [6, 6.07) is 13.2. The summed E-state index contributed by atoms with van der Waals surface area (Å²) in [5.41, 5.74) is 2.29. The van der Waals surface area contributed by atoms with Crippen LogP contribution in [0, 0.1) is 12.7 Å². The maximum absolute atomic E-state index is 13.8. The van der Waals surface area contributed by atoms with Gasteiger partial charge < -0.3 is 10.2 Å². The first-order chi connectivity index (χ1) is 13.0. The average molecular weight is 384 g/mol. The molecule has 1 N–H and O–H groups in total. The van der Waals surface area contributed by atoms with Crippen molar-refractivity contribution in [3.63, 3.8) is 0 Å². The number of thioether (sulfide) groups is 1. The van der Waals surface area contributed by atoms with Crippen molar-refractivity contribution in [1.82, 2.24) is 10.2 Å². The normalized spacial score (nSPS) is 21.9. The summed E-state index contributed by atoms with van der Waals surface area (Å²) in [5.74, 6) is -0.173. The molecule has 0 aromatic heterocycles. The standard InChI is InChI=1S/C21H21FN2O2S/c1-13-5-7-14(8-6-13)20(26)24-18(19(25)23-17-9-10-17)12-27-21(24)15-3-2-4-16(22)11-15/h2-8,11,17-18,21H,9-10,12H2,1H3,(H,23,25)/t18-,21+/m0/s1. The molecule has 2 fully saturated rings. The van der Waals surface area contributed by atoms with Crippen molar-refractivity contribution in [1.29, 1.82) is 0 Å². The van der Waals surface area contributed by atoms with Crippen LogP contribution in [-0.2, 0) is 4.79 Å². The van der Waals surface area contributed by atoms with Gasteiger partial charge in [0.1, 0.15) is 17.2 Å². The van der Waals surface area contributed by atoms with Crippen molar-refractivity contribution in [2.24, 2.45) is 0 Å². The molecule has 27 heavy (non-hydrogen) atoms. The first kappa shape index (κ1) is 18.0. The molecule has 0 radical (unpaired) electrons. The monoisotopic (exact) mass is 384 g/mol. The smallest absolute Gasteiger partial charge is 0.255 e. The molecule has 2 aliphatic rings. The Hall–Kier alpha value is -2.34. The lowest BCUT2D eigenvalue weighted by molar-refractivity contribution is -0.125. The minimum absolute atomic E-state index is 0.121. The topological polar surface area (TPSA) is 49.4 Å². The second-order valence-corrected chi connectivity index (χ2v) is 8.23. The van der Waals surface area contributed by atoms with Crippen LogP contribution < -0.4 is 5.32 Å². The fourth-order valence-corrected chi connectivity index (χ4v) is 4.66. The van der Waals surface area contributed by atoms with Crippen molar-refractivity contribution in [2.45, 2.75) is 37.2 Å². The summed E-state index contributed by atoms with van der Waals surface area (Å²) >= 11 is 1.50. The van der Waals surface area contributed by atoms with E-state index in [1.54, 1.807) is 29.2 Å². The fraction of sp³-hybridized carbons (Fsp3) is 0.333. The predicted molar refractivity (Wildman–Crippen MR) is 104 cm³/mol. The van der Waals surface area contributed by atoms with Gasteiger partial charge in [0.2, 0.25) is 5.91 Å². The first-order valence-electron chi connectivity index (χ1n) is 9.10. The van der Waals surface area contributed by atoms with E-state index in [2.05, 4.69) is 5.32 Å². The van der Waals surface area contributed by atoms with Crippen LogP contribution in [0.15, 0.2) is 48.5 Å². The molecule has 2 amide bonds. The van der Waals surface area contributed by atoms with Gasteiger partial charge in [-0.25, -0.2) is 4.39 Å². The molecule has 0 bridgehead atoms. The van der Waals surface area contributed by atoms with Crippen molar-refractivity contribution in [3.8, 4) is 0 Å². The Balaban J connectivity index is 1.67. The van der Waals surface area contributed by atoms with Crippen molar-refractivity contribution < 1.29 is 14.0 Å². The molecule has 0 spiro atoms. The number of carbonyl (C=O) groups excluding carboxylic acids is 2. The zero-order chi connectivity index (χ0) is 19.0. The van der Waals surface area contributed by atoms with Gasteiger partial charge in [0.05, 0.1) is 0 Å². The van der Waals surface area contributed by atoms with Crippen LogP contribution in [0.1, 0.15) is 39.7 Å². The van der Waals surface area contributed by atoms with E-state index in [1.807, 2.05) is 19.1 Å². The van der Waals surface area contributed by atoms with Crippen LogP contribution in [0.2, 0.25) is 0 Å². The van der Waals surface area contributed by atoms with Crippen molar-refractivity contribution in [3.05, 3.63) is 71.0 Å². The highest BCUT2D eigenvalue weighted by atomic mass is 32.2. The van der Waals surface area contributed by atoms with E-state index in [1.165, 1.54) is 23.9 Å². The van der Waals surface area contributed by atoms with Crippen LogP contribution in [0.5, 0.6) is 0 Å². The molecule has 1 aliphatic carbocycles. The molecule has 4 nitrogen and oxygen atoms in total. The highest BCUT2D eigenvalue weighted by Gasteiger charge is 2.43. The van der Waals surface area contributed by atoms with E-state index in [4.69, 9.17) is 0 Å². The third-order valence-electron chi connectivity index (χ3n) is 4.89. The van der Waals surface area contributed by atoms with Crippen molar-refractivity contribution in [2.75, 3.05) is 5.75 Å². The van der Waals surface area contributed by atoms with Crippen LogP contribution in [0.4, 0.5) is 4.39 Å². The number of halogens is 1. The largest absolute Gasteiger partial charge is 0.352 e. The lowest BCUT2D eigenvalue weighted by atomic mass is 10.1. The molecule has 2 aromatic rings. The van der Waals surface area contributed by atoms with Gasteiger partial charge in [-0.05, 0) is 49.6 Å². The minimum Gasteiger partial charge on any atom is -0.352 e. The van der Waals surface area contributed by atoms with Crippen LogP contribution in [0.3, 0.4) is 0 Å². The summed E-state index contributed by atoms with van der Waals surface area (Å²) in [5, 5.41) is 2.62. The number of aryl methyl sites for hydroxylation is 1. The molecule has 1 aliphatic heterocycles. The van der Waals surface area contributed by atoms with Crippen molar-refractivity contribution >= 4 is 23.6 Å². The number of rotatable bonds is 4. The first-order valence-corrected chi connectivity index (χ1v) is 10.1. The van der Waals surface area contributed by atoms with Gasteiger partial charge in [-0.2, -0.15) is 0 Å². The van der Waals surface area contributed by atoms with E-state index in [9.17, 15) is 14.0 Å². The number of carbonyl (C=O) groups is 2. The van der Waals surface area contributed by atoms with E-state index in [-0.39, 0.29) is 29.0 Å². The van der Waals surface area contributed by atoms with Gasteiger partial charge in [-0.15, -0.1) is 11.8 Å². The summed E-state index contributed by atoms with van der Waals surface area (Å²) < 4.78 is 13.8. The average Bonchev–Trinajstić information content (AvgIpc) is 3.35. The Morgan fingerprint density at radius 3 is 2.56 bits per heavy atom. The highest BCUT2D eigenvalue weighted by Crippen LogP contribution is 2.42. The molecular formula is C21H21FN2O2S. The molecule has 0 unspecified atom stereocenters. The number of nitrogens with one attached hydrogen (secondary N) is 1. The Labute approximate surface area is 162 Å². The Morgan fingerprint density at radius 2 is 1.89 bits per heavy atom. The van der Waals surface area contributed by atoms with Gasteiger partial charge in [0.15, 0.2) is 0 Å². The maximum Gasteiger partial charge on any atom is 0.255 e. The molecule has 1 saturated heterocycles. The van der Waals surface area contributed by atoms with Gasteiger partial charge in [0.25, 0.3) is 5.91 Å². The Bertz CT molecular complexity index is 867. The molecule has 6 heteroatoms. The third-order valence-corrected chi connectivity index (χ3v) is 6.22. The second-order valence-electron chi connectivity index (χ2n) is 7.12. The summed E-state index contributed by atoms with van der Waals surface area (Å²) in [7, 11) is 0. The van der Waals surface area contributed by atoms with E-state index in [0.29, 0.717) is 16.9 Å². The number of benzene rings is 2. The summed E-state index contributed by atoms with van der Waals surface area (Å²) in [6.45, 7) is 1.96. The highest BCUT2D eigenvalue weighted by molar-refractivity contribution is 7.99. The molecule has 1 heterocycles. The van der Waals surface area contributed by atoms with Gasteiger partial charge in [-0.3, -0.25) is 9.59 Å². The fourth-order valence-electron chi connectivity index (χ4n) is 3.24. The van der Waals surface area contributed by atoms with E-state index < -0.39 is 6.04 Å². The van der Waals surface area contributed by atoms with Gasteiger partial charge >= 0.3 is 0 Å². The molecular weight excluding hydrogens is 363 g/mol. The van der Waals surface area contributed by atoms with E-state index >= 15 is 0 Å². The van der Waals surface area contributed by atoms with Crippen LogP contribution >= 0.6 is 11.8 Å². The number of nitrogens with zero attached hydrogens (tertiary/aromatic N) is 1. The summed E-state index contributed by atoms with van der Waals surface area (Å²) in [4.78, 5) is 27.6. The quantitative estimate of drug-likeness (QED) is 0.875. The predicted octanol–water partition coefficient (Wildman–Crippen LogP) is 3.67. The zero-order valence-corrected chi connectivity index (χ0v) is 15.8. The van der Waals surface area contributed by atoms with Crippen LogP contribution in [-0.4, -0.2) is 34.6 Å². The maximum atomic E-state index is 13.8. The Morgan fingerprint density at radius 1 is 1.15 bits per heavy atom. The summed E-state index contributed by atoms with van der Waals surface area (Å²) in [6.07, 6.45) is 1.98. The molecule has 140 valence electrons. The van der Waals surface area contributed by atoms with Gasteiger partial charge in [0, 0.05) is 17.4 Å². The SMILES string of the molecule is Cc1ccc(C(=O)N2[C@@H](c3cccc(F)c3)SC[C@H]2C(=O)NC2CC2)cc1. The second kappa shape index (κ2) is 7.35.